The molecule has 2 heterocycles. The van der Waals surface area contributed by atoms with Crippen molar-refractivity contribution in [3.8, 4) is 33.4 Å². The van der Waals surface area contributed by atoms with E-state index in [4.69, 9.17) is 4.42 Å². The lowest BCUT2D eigenvalue weighted by Crippen LogP contribution is -2.11. The van der Waals surface area contributed by atoms with E-state index in [1.807, 2.05) is 23.5 Å². The minimum atomic E-state index is 0.887. The van der Waals surface area contributed by atoms with Gasteiger partial charge in [0, 0.05) is 37.3 Å². The van der Waals surface area contributed by atoms with E-state index in [2.05, 4.69) is 193 Å². The van der Waals surface area contributed by atoms with Gasteiger partial charge >= 0.3 is 0 Å². The van der Waals surface area contributed by atoms with Gasteiger partial charge in [0.25, 0.3) is 0 Å². The van der Waals surface area contributed by atoms with Crippen LogP contribution in [0.3, 0.4) is 0 Å². The second-order valence-corrected chi connectivity index (χ2v) is 15.1. The first kappa shape index (κ1) is 31.6. The van der Waals surface area contributed by atoms with Gasteiger partial charge < -0.3 is 9.32 Å². The van der Waals surface area contributed by atoms with E-state index < -0.39 is 0 Å². The molecule has 55 heavy (non-hydrogen) atoms. The molecule has 0 amide bonds. The molecular weight excluding hydrogens is 687 g/mol. The molecule has 0 aliphatic carbocycles. The number of furan rings is 1. The van der Waals surface area contributed by atoms with Crippen LogP contribution in [0.1, 0.15) is 0 Å². The molecular formula is C52H33NOS. The monoisotopic (exact) mass is 719 g/mol. The zero-order chi connectivity index (χ0) is 36.3. The van der Waals surface area contributed by atoms with Crippen molar-refractivity contribution < 1.29 is 4.42 Å². The second-order valence-electron chi connectivity index (χ2n) is 14.0. The Hall–Kier alpha value is -6.94. The Morgan fingerprint density at radius 1 is 0.345 bits per heavy atom. The number of hydrogen-bond acceptors (Lipinski definition) is 3. The van der Waals surface area contributed by atoms with Crippen LogP contribution in [0.15, 0.2) is 205 Å². The minimum Gasteiger partial charge on any atom is -0.456 e. The Morgan fingerprint density at radius 3 is 1.80 bits per heavy atom. The van der Waals surface area contributed by atoms with E-state index in [0.717, 1.165) is 50.1 Å². The zero-order valence-corrected chi connectivity index (χ0v) is 30.6. The summed E-state index contributed by atoms with van der Waals surface area (Å²) >= 11 is 1.86. The number of benzene rings is 9. The van der Waals surface area contributed by atoms with Crippen LogP contribution in [-0.4, -0.2) is 0 Å². The minimum absolute atomic E-state index is 0.887. The van der Waals surface area contributed by atoms with Crippen molar-refractivity contribution in [3.63, 3.8) is 0 Å². The van der Waals surface area contributed by atoms with E-state index in [9.17, 15) is 0 Å². The van der Waals surface area contributed by atoms with Gasteiger partial charge in [-0.15, -0.1) is 11.3 Å². The van der Waals surface area contributed by atoms with Crippen LogP contribution in [0.5, 0.6) is 0 Å². The van der Waals surface area contributed by atoms with Gasteiger partial charge in [-0.05, 0) is 87.3 Å². The fourth-order valence-corrected chi connectivity index (χ4v) is 9.54. The topological polar surface area (TPSA) is 16.4 Å². The average molecular weight is 720 g/mol. The number of fused-ring (bicyclic) bond motifs is 7. The van der Waals surface area contributed by atoms with Crippen LogP contribution >= 0.6 is 11.3 Å². The molecule has 0 saturated heterocycles. The smallest absolute Gasteiger partial charge is 0.136 e. The molecule has 0 N–H and O–H groups in total. The van der Waals surface area contributed by atoms with E-state index in [0.29, 0.717) is 0 Å². The Bertz CT molecular complexity index is 3210. The van der Waals surface area contributed by atoms with E-state index in [1.165, 1.54) is 53.2 Å². The Kier molecular flexibility index (Phi) is 7.39. The van der Waals surface area contributed by atoms with Crippen LogP contribution in [-0.2, 0) is 0 Å². The molecule has 0 bridgehead atoms. The van der Waals surface area contributed by atoms with Crippen LogP contribution in [0, 0.1) is 0 Å². The molecule has 11 aromatic rings. The molecule has 0 radical (unpaired) electrons. The quantitative estimate of drug-likeness (QED) is 0.170. The third-order valence-corrected chi connectivity index (χ3v) is 12.1. The molecule has 0 aliphatic heterocycles. The van der Waals surface area contributed by atoms with Gasteiger partial charge in [-0.2, -0.15) is 0 Å². The number of anilines is 3. The fraction of sp³-hybridized carbons (Fsp3) is 0. The summed E-state index contributed by atoms with van der Waals surface area (Å²) in [5.74, 6) is 0. The van der Waals surface area contributed by atoms with Crippen molar-refractivity contribution in [1.29, 1.82) is 0 Å². The summed E-state index contributed by atoms with van der Waals surface area (Å²) < 4.78 is 8.99. The summed E-state index contributed by atoms with van der Waals surface area (Å²) in [5, 5.41) is 7.22. The summed E-state index contributed by atoms with van der Waals surface area (Å²) in [6.45, 7) is 0. The standard InChI is InChI=1S/C52H33NOS/c1-3-14-34(15-4-1)38-30-31-47(41-19-8-7-18-40(38)41)53(48-23-13-22-45-44-21-10-12-25-51(44)55-52(45)48)37-27-29-39(35-16-5-2-6-17-35)46(33-37)36-26-28-43-42-20-9-11-24-49(42)54-50(43)32-36/h1-33H. The number of thiophene rings is 1. The predicted molar refractivity (Wildman–Crippen MR) is 235 cm³/mol. The number of nitrogens with zero attached hydrogens (tertiary/aromatic N) is 1. The molecule has 0 saturated carbocycles. The van der Waals surface area contributed by atoms with Gasteiger partial charge in [0.05, 0.1) is 16.1 Å². The van der Waals surface area contributed by atoms with Crippen molar-refractivity contribution in [3.05, 3.63) is 200 Å². The first-order valence-electron chi connectivity index (χ1n) is 18.7. The summed E-state index contributed by atoms with van der Waals surface area (Å²) in [7, 11) is 0. The largest absolute Gasteiger partial charge is 0.456 e. The molecule has 0 spiro atoms. The highest BCUT2D eigenvalue weighted by Crippen LogP contribution is 2.49. The maximum Gasteiger partial charge on any atom is 0.136 e. The van der Waals surface area contributed by atoms with E-state index >= 15 is 0 Å². The van der Waals surface area contributed by atoms with Gasteiger partial charge in [0.2, 0.25) is 0 Å². The Morgan fingerprint density at radius 2 is 0.982 bits per heavy atom. The second kappa shape index (κ2) is 12.9. The van der Waals surface area contributed by atoms with E-state index in [-0.39, 0.29) is 0 Å². The van der Waals surface area contributed by atoms with Crippen LogP contribution in [0.25, 0.3) is 86.3 Å². The Labute approximate surface area is 322 Å². The summed E-state index contributed by atoms with van der Waals surface area (Å²) in [4.78, 5) is 2.48. The van der Waals surface area contributed by atoms with Crippen LogP contribution < -0.4 is 4.90 Å². The van der Waals surface area contributed by atoms with Crippen molar-refractivity contribution in [2.75, 3.05) is 4.90 Å². The van der Waals surface area contributed by atoms with Crippen molar-refractivity contribution >= 4 is 81.3 Å². The van der Waals surface area contributed by atoms with Gasteiger partial charge in [0.15, 0.2) is 0 Å². The third kappa shape index (κ3) is 5.24. The lowest BCUT2D eigenvalue weighted by Gasteiger charge is -2.29. The van der Waals surface area contributed by atoms with Gasteiger partial charge in [-0.1, -0.05) is 152 Å². The molecule has 0 aliphatic rings. The number of hydrogen-bond donors (Lipinski definition) is 0. The van der Waals surface area contributed by atoms with Crippen molar-refractivity contribution in [1.82, 2.24) is 0 Å². The fourth-order valence-electron chi connectivity index (χ4n) is 8.34. The maximum atomic E-state index is 6.44. The molecule has 0 fully saturated rings. The molecule has 258 valence electrons. The SMILES string of the molecule is c1ccc(-c2ccc(N(c3ccc(-c4ccccc4)c4ccccc34)c3cccc4c3sc3ccccc34)cc2-c2ccc3c(c2)oc2ccccc23)cc1. The maximum absolute atomic E-state index is 6.44. The van der Waals surface area contributed by atoms with Crippen molar-refractivity contribution in [2.24, 2.45) is 0 Å². The highest BCUT2D eigenvalue weighted by molar-refractivity contribution is 7.26. The molecule has 2 aromatic heterocycles. The summed E-state index contributed by atoms with van der Waals surface area (Å²) in [6.07, 6.45) is 0. The normalized spacial score (nSPS) is 11.6. The lowest BCUT2D eigenvalue weighted by atomic mass is 9.92. The van der Waals surface area contributed by atoms with Crippen LogP contribution in [0.2, 0.25) is 0 Å². The highest BCUT2D eigenvalue weighted by Gasteiger charge is 2.23. The molecule has 3 heteroatoms. The van der Waals surface area contributed by atoms with Crippen molar-refractivity contribution in [2.45, 2.75) is 0 Å². The molecule has 0 atom stereocenters. The average Bonchev–Trinajstić information content (AvgIpc) is 3.83. The first-order chi connectivity index (χ1) is 27.3. The molecule has 9 aromatic carbocycles. The summed E-state index contributed by atoms with van der Waals surface area (Å²) in [5.41, 5.74) is 12.2. The molecule has 2 nitrogen and oxygen atoms in total. The predicted octanol–water partition coefficient (Wildman–Crippen LogP) is 15.6. The Balaban J connectivity index is 1.20. The van der Waals surface area contributed by atoms with Gasteiger partial charge in [0.1, 0.15) is 11.2 Å². The van der Waals surface area contributed by atoms with Gasteiger partial charge in [-0.3, -0.25) is 0 Å². The number of rotatable bonds is 6. The molecule has 0 unspecified atom stereocenters. The van der Waals surface area contributed by atoms with E-state index in [1.54, 1.807) is 0 Å². The van der Waals surface area contributed by atoms with Crippen LogP contribution in [0.4, 0.5) is 17.1 Å². The molecule has 11 rings (SSSR count). The van der Waals surface area contributed by atoms with Gasteiger partial charge in [-0.25, -0.2) is 0 Å². The third-order valence-electron chi connectivity index (χ3n) is 10.9. The summed E-state index contributed by atoms with van der Waals surface area (Å²) in [6, 6.07) is 72.3. The lowest BCUT2D eigenvalue weighted by molar-refractivity contribution is 0.669. The highest BCUT2D eigenvalue weighted by atomic mass is 32.1. The first-order valence-corrected chi connectivity index (χ1v) is 19.5. The number of para-hydroxylation sites is 1. The zero-order valence-electron chi connectivity index (χ0n) is 29.8.